The second kappa shape index (κ2) is 8.49. The van der Waals surface area contributed by atoms with Crippen LogP contribution < -0.4 is 10.6 Å². The number of ether oxygens (including phenoxy) is 1. The minimum absolute atomic E-state index is 0.136. The fourth-order valence-corrected chi connectivity index (χ4v) is 2.61. The molecule has 0 radical (unpaired) electrons. The number of amides is 1. The van der Waals surface area contributed by atoms with Crippen LogP contribution in [0.2, 0.25) is 5.02 Å². The maximum Gasteiger partial charge on any atom is 0.337 e. The van der Waals surface area contributed by atoms with E-state index < -0.39 is 11.9 Å². The molecule has 0 aliphatic heterocycles. The first-order valence-electron chi connectivity index (χ1n) is 8.33. The number of carbonyl (C=O) groups is 2. The number of methoxy groups -OCH3 is 1. The zero-order valence-corrected chi connectivity index (χ0v) is 15.9. The molecule has 3 aromatic rings. The van der Waals surface area contributed by atoms with E-state index in [1.54, 1.807) is 36.4 Å². The highest BCUT2D eigenvalue weighted by molar-refractivity contribution is 6.31. The second-order valence-electron chi connectivity index (χ2n) is 5.87. The molecule has 2 aromatic carbocycles. The van der Waals surface area contributed by atoms with E-state index in [9.17, 15) is 9.59 Å². The molecule has 8 heteroatoms. The molecule has 1 heterocycles. The molecule has 1 amide bonds. The normalized spacial score (nSPS) is 10.2. The van der Waals surface area contributed by atoms with E-state index in [1.807, 2.05) is 19.1 Å². The predicted molar refractivity (Wildman–Crippen MR) is 107 cm³/mol. The van der Waals surface area contributed by atoms with Crippen LogP contribution in [-0.4, -0.2) is 29.2 Å². The Hall–Kier alpha value is -3.45. The lowest BCUT2D eigenvalue weighted by atomic mass is 10.2. The maximum atomic E-state index is 12.4. The summed E-state index contributed by atoms with van der Waals surface area (Å²) in [5.41, 5.74) is 2.61. The quantitative estimate of drug-likeness (QED) is 0.627. The van der Waals surface area contributed by atoms with Crippen molar-refractivity contribution < 1.29 is 14.3 Å². The summed E-state index contributed by atoms with van der Waals surface area (Å²) in [7, 11) is 1.30. The zero-order chi connectivity index (χ0) is 20.1. The molecule has 3 rings (SSSR count). The van der Waals surface area contributed by atoms with Crippen molar-refractivity contribution in [2.45, 2.75) is 6.92 Å². The minimum atomic E-state index is -0.484. The average molecular weight is 397 g/mol. The molecule has 1 aromatic heterocycles. The highest BCUT2D eigenvalue weighted by Crippen LogP contribution is 2.25. The lowest BCUT2D eigenvalue weighted by Crippen LogP contribution is -2.15. The van der Waals surface area contributed by atoms with Crippen LogP contribution in [0, 0.1) is 6.92 Å². The number of esters is 1. The van der Waals surface area contributed by atoms with E-state index >= 15 is 0 Å². The summed E-state index contributed by atoms with van der Waals surface area (Å²) in [4.78, 5) is 23.9. The molecule has 2 N–H and O–H groups in total. The number of benzene rings is 2. The predicted octanol–water partition coefficient (Wildman–Crippen LogP) is 4.22. The van der Waals surface area contributed by atoms with Crippen molar-refractivity contribution in [1.82, 2.24) is 10.2 Å². The number of nitrogens with one attached hydrogen (secondary N) is 2. The molecular formula is C20H17ClN4O3. The first-order chi connectivity index (χ1) is 13.5. The molecule has 0 saturated carbocycles. The van der Waals surface area contributed by atoms with Crippen molar-refractivity contribution in [2.75, 3.05) is 17.7 Å². The van der Waals surface area contributed by atoms with Crippen molar-refractivity contribution in [3.05, 3.63) is 76.4 Å². The molecular weight excluding hydrogens is 380 g/mol. The van der Waals surface area contributed by atoms with Gasteiger partial charge in [0.25, 0.3) is 5.91 Å². The van der Waals surface area contributed by atoms with Crippen molar-refractivity contribution in [2.24, 2.45) is 0 Å². The highest BCUT2D eigenvalue weighted by atomic mass is 35.5. The second-order valence-corrected chi connectivity index (χ2v) is 6.27. The Kier molecular flexibility index (Phi) is 5.86. The van der Waals surface area contributed by atoms with Gasteiger partial charge in [0.15, 0.2) is 11.5 Å². The van der Waals surface area contributed by atoms with Crippen LogP contribution in [0.25, 0.3) is 0 Å². The Morgan fingerprint density at radius 2 is 1.82 bits per heavy atom. The minimum Gasteiger partial charge on any atom is -0.465 e. The first-order valence-corrected chi connectivity index (χ1v) is 8.71. The number of rotatable bonds is 5. The SMILES string of the molecule is COC(=O)c1cccc(NC(=O)c2ccc(Nc3cccc(Cl)c3C)nn2)c1. The molecule has 0 unspecified atom stereocenters. The van der Waals surface area contributed by atoms with Gasteiger partial charge in [-0.05, 0) is 55.0 Å². The monoisotopic (exact) mass is 396 g/mol. The van der Waals surface area contributed by atoms with Gasteiger partial charge in [0.2, 0.25) is 0 Å². The third-order valence-electron chi connectivity index (χ3n) is 3.97. The zero-order valence-electron chi connectivity index (χ0n) is 15.2. The molecule has 0 fully saturated rings. The summed E-state index contributed by atoms with van der Waals surface area (Å²) < 4.78 is 4.67. The van der Waals surface area contributed by atoms with Gasteiger partial charge in [-0.25, -0.2) is 4.79 Å². The standard InChI is InChI=1S/C20H17ClN4O3/c1-12-15(21)7-4-8-16(12)23-18-10-9-17(24-25-18)19(26)22-14-6-3-5-13(11-14)20(27)28-2/h3-11H,1-2H3,(H,22,26)(H,23,25). The Labute approximate surface area is 166 Å². The van der Waals surface area contributed by atoms with Gasteiger partial charge in [-0.2, -0.15) is 0 Å². The molecule has 0 saturated heterocycles. The Morgan fingerprint density at radius 3 is 2.54 bits per heavy atom. The summed E-state index contributed by atoms with van der Waals surface area (Å²) in [5.74, 6) is -0.447. The van der Waals surface area contributed by atoms with E-state index in [0.717, 1.165) is 11.3 Å². The third kappa shape index (κ3) is 4.44. The van der Waals surface area contributed by atoms with E-state index in [-0.39, 0.29) is 5.69 Å². The molecule has 28 heavy (non-hydrogen) atoms. The highest BCUT2D eigenvalue weighted by Gasteiger charge is 2.11. The largest absolute Gasteiger partial charge is 0.465 e. The van der Waals surface area contributed by atoms with E-state index in [2.05, 4.69) is 25.6 Å². The van der Waals surface area contributed by atoms with E-state index in [0.29, 0.717) is 22.1 Å². The number of nitrogens with zero attached hydrogens (tertiary/aromatic N) is 2. The maximum absolute atomic E-state index is 12.4. The van der Waals surface area contributed by atoms with Crippen molar-refractivity contribution in [3.63, 3.8) is 0 Å². The molecule has 142 valence electrons. The van der Waals surface area contributed by atoms with Crippen LogP contribution in [0.3, 0.4) is 0 Å². The number of carbonyl (C=O) groups excluding carboxylic acids is 2. The number of anilines is 3. The van der Waals surface area contributed by atoms with Gasteiger partial charge in [-0.3, -0.25) is 4.79 Å². The first kappa shape index (κ1) is 19.3. The van der Waals surface area contributed by atoms with Gasteiger partial charge >= 0.3 is 5.97 Å². The Bertz CT molecular complexity index is 1020. The lowest BCUT2D eigenvalue weighted by molar-refractivity contribution is 0.0600. The van der Waals surface area contributed by atoms with E-state index in [4.69, 9.17) is 11.6 Å². The lowest BCUT2D eigenvalue weighted by Gasteiger charge is -2.10. The van der Waals surface area contributed by atoms with Crippen molar-refractivity contribution in [1.29, 1.82) is 0 Å². The van der Waals surface area contributed by atoms with Gasteiger partial charge < -0.3 is 15.4 Å². The summed E-state index contributed by atoms with van der Waals surface area (Å²) in [6.07, 6.45) is 0. The number of hydrogen-bond acceptors (Lipinski definition) is 6. The van der Waals surface area contributed by atoms with Crippen LogP contribution in [0.5, 0.6) is 0 Å². The topological polar surface area (TPSA) is 93.2 Å². The smallest absolute Gasteiger partial charge is 0.337 e. The molecule has 0 spiro atoms. The van der Waals surface area contributed by atoms with Gasteiger partial charge in [-0.1, -0.05) is 23.7 Å². The molecule has 7 nitrogen and oxygen atoms in total. The molecule has 0 atom stereocenters. The van der Waals surface area contributed by atoms with Crippen LogP contribution in [0.1, 0.15) is 26.4 Å². The fourth-order valence-electron chi connectivity index (χ4n) is 2.44. The average Bonchev–Trinajstić information content (AvgIpc) is 2.71. The van der Waals surface area contributed by atoms with Gasteiger partial charge in [0.1, 0.15) is 0 Å². The van der Waals surface area contributed by atoms with Gasteiger partial charge in [0.05, 0.1) is 12.7 Å². The van der Waals surface area contributed by atoms with Crippen LogP contribution in [-0.2, 0) is 4.74 Å². The van der Waals surface area contributed by atoms with Gasteiger partial charge in [-0.15, -0.1) is 10.2 Å². The number of halogens is 1. The summed E-state index contributed by atoms with van der Waals surface area (Å²) in [5, 5.41) is 14.4. The third-order valence-corrected chi connectivity index (χ3v) is 4.38. The number of hydrogen-bond donors (Lipinski definition) is 2. The Balaban J connectivity index is 1.70. The fraction of sp³-hybridized carbons (Fsp3) is 0.100. The van der Waals surface area contributed by atoms with Crippen LogP contribution >= 0.6 is 11.6 Å². The molecule has 0 aliphatic carbocycles. The summed E-state index contributed by atoms with van der Waals surface area (Å²) in [6.45, 7) is 1.89. The van der Waals surface area contributed by atoms with E-state index in [1.165, 1.54) is 13.2 Å². The van der Waals surface area contributed by atoms with Crippen LogP contribution in [0.15, 0.2) is 54.6 Å². The van der Waals surface area contributed by atoms with Crippen LogP contribution in [0.4, 0.5) is 17.2 Å². The summed E-state index contributed by atoms with van der Waals surface area (Å²) in [6, 6.07) is 15.1. The Morgan fingerprint density at radius 1 is 1.04 bits per heavy atom. The molecule has 0 bridgehead atoms. The van der Waals surface area contributed by atoms with Crippen molar-refractivity contribution >= 4 is 40.7 Å². The number of aromatic nitrogens is 2. The van der Waals surface area contributed by atoms with Crippen molar-refractivity contribution in [3.8, 4) is 0 Å². The van der Waals surface area contributed by atoms with Gasteiger partial charge in [0, 0.05) is 16.4 Å². The molecule has 0 aliphatic rings. The summed E-state index contributed by atoms with van der Waals surface area (Å²) >= 11 is 6.11.